The summed E-state index contributed by atoms with van der Waals surface area (Å²) in [5.74, 6) is -0.565. The van der Waals surface area contributed by atoms with Crippen molar-refractivity contribution in [3.05, 3.63) is 71.0 Å². The zero-order valence-corrected chi connectivity index (χ0v) is 17.3. The number of sulfone groups is 1. The molecule has 0 unspecified atom stereocenters. The zero-order valence-electron chi connectivity index (χ0n) is 15.7. The minimum Gasteiger partial charge on any atom is -0.459 e. The largest absolute Gasteiger partial charge is 0.459 e. The van der Waals surface area contributed by atoms with Gasteiger partial charge in [-0.15, -0.1) is 11.3 Å². The van der Waals surface area contributed by atoms with Crippen molar-refractivity contribution in [3.8, 4) is 0 Å². The van der Waals surface area contributed by atoms with E-state index in [1.54, 1.807) is 55.5 Å². The Morgan fingerprint density at radius 2 is 1.83 bits per heavy atom. The minimum absolute atomic E-state index is 0.0504. The van der Waals surface area contributed by atoms with Crippen molar-refractivity contribution in [2.75, 3.05) is 17.6 Å². The first-order chi connectivity index (χ1) is 13.9. The molecule has 0 radical (unpaired) electrons. The van der Waals surface area contributed by atoms with Gasteiger partial charge in [-0.2, -0.15) is 0 Å². The van der Waals surface area contributed by atoms with Gasteiger partial charge in [0, 0.05) is 6.54 Å². The van der Waals surface area contributed by atoms with Crippen LogP contribution in [-0.2, 0) is 9.84 Å². The summed E-state index contributed by atoms with van der Waals surface area (Å²) in [5, 5.41) is 5.95. The number of rotatable bonds is 8. The summed E-state index contributed by atoms with van der Waals surface area (Å²) >= 11 is 1.15. The molecule has 2 amide bonds. The maximum Gasteiger partial charge on any atom is 0.291 e. The van der Waals surface area contributed by atoms with Gasteiger partial charge in [0.1, 0.15) is 0 Å². The first-order valence-electron chi connectivity index (χ1n) is 8.88. The first kappa shape index (κ1) is 20.8. The number of hydrogen-bond donors (Lipinski definition) is 2. The molecular weight excluding hydrogens is 412 g/mol. The summed E-state index contributed by atoms with van der Waals surface area (Å²) in [4.78, 5) is 25.2. The number of aryl methyl sites for hydroxylation is 1. The molecule has 0 spiro atoms. The maximum atomic E-state index is 12.4. The highest BCUT2D eigenvalue weighted by molar-refractivity contribution is 7.91. The predicted molar refractivity (Wildman–Crippen MR) is 111 cm³/mol. The van der Waals surface area contributed by atoms with Gasteiger partial charge in [0.25, 0.3) is 11.8 Å². The first-order valence-corrected chi connectivity index (χ1v) is 11.3. The van der Waals surface area contributed by atoms with Crippen LogP contribution in [0.2, 0.25) is 0 Å². The topological polar surface area (TPSA) is 105 Å². The van der Waals surface area contributed by atoms with E-state index in [0.717, 1.165) is 16.9 Å². The van der Waals surface area contributed by atoms with Crippen molar-refractivity contribution in [1.82, 2.24) is 5.32 Å². The van der Waals surface area contributed by atoms with Gasteiger partial charge in [-0.25, -0.2) is 8.42 Å². The third kappa shape index (κ3) is 5.33. The van der Waals surface area contributed by atoms with Gasteiger partial charge in [0.15, 0.2) is 15.6 Å². The van der Waals surface area contributed by atoms with Crippen LogP contribution in [0.4, 0.5) is 5.00 Å². The van der Waals surface area contributed by atoms with E-state index in [1.165, 1.54) is 6.26 Å². The fraction of sp³-hybridized carbons (Fsp3) is 0.200. The van der Waals surface area contributed by atoms with Gasteiger partial charge in [-0.3, -0.25) is 9.59 Å². The van der Waals surface area contributed by atoms with E-state index in [0.29, 0.717) is 16.3 Å². The highest BCUT2D eigenvalue weighted by Gasteiger charge is 2.17. The third-order valence-corrected chi connectivity index (χ3v) is 7.05. The zero-order chi connectivity index (χ0) is 20.9. The summed E-state index contributed by atoms with van der Waals surface area (Å²) in [6.07, 6.45) is 1.71. The van der Waals surface area contributed by atoms with Gasteiger partial charge >= 0.3 is 0 Å². The number of hydrogen-bond acceptors (Lipinski definition) is 6. The summed E-state index contributed by atoms with van der Waals surface area (Å²) in [6, 6.07) is 13.1. The monoisotopic (exact) mass is 432 g/mol. The molecule has 0 aliphatic carbocycles. The van der Waals surface area contributed by atoms with Crippen LogP contribution in [0.5, 0.6) is 0 Å². The van der Waals surface area contributed by atoms with Gasteiger partial charge < -0.3 is 15.1 Å². The Labute approximate surface area is 172 Å². The second-order valence-corrected chi connectivity index (χ2v) is 9.46. The molecular formula is C20H20N2O5S2. The molecule has 0 fully saturated rings. The lowest BCUT2D eigenvalue weighted by Crippen LogP contribution is -2.25. The van der Waals surface area contributed by atoms with Crippen molar-refractivity contribution >= 4 is 38.0 Å². The summed E-state index contributed by atoms with van der Waals surface area (Å²) < 4.78 is 29.5. The van der Waals surface area contributed by atoms with E-state index >= 15 is 0 Å². The molecule has 0 atom stereocenters. The molecule has 2 aromatic heterocycles. The number of amides is 2. The van der Waals surface area contributed by atoms with Crippen LogP contribution in [0.25, 0.3) is 0 Å². The SMILES string of the molecule is Cc1cc(NC(=O)c2ccco2)sc1C(=O)NCCCS(=O)(=O)c1ccccc1. The Morgan fingerprint density at radius 1 is 1.07 bits per heavy atom. The Morgan fingerprint density at radius 3 is 2.52 bits per heavy atom. The van der Waals surface area contributed by atoms with E-state index in [4.69, 9.17) is 4.42 Å². The highest BCUT2D eigenvalue weighted by atomic mass is 32.2. The summed E-state index contributed by atoms with van der Waals surface area (Å²) in [5.41, 5.74) is 0.721. The molecule has 1 aromatic carbocycles. The quantitative estimate of drug-likeness (QED) is 0.530. The molecule has 3 rings (SSSR count). The molecule has 29 heavy (non-hydrogen) atoms. The lowest BCUT2D eigenvalue weighted by atomic mass is 10.2. The number of carbonyl (C=O) groups excluding carboxylic acids is 2. The molecule has 3 aromatic rings. The molecule has 9 heteroatoms. The van der Waals surface area contributed by atoms with E-state index in [2.05, 4.69) is 10.6 Å². The molecule has 7 nitrogen and oxygen atoms in total. The number of thiophene rings is 1. The van der Waals surface area contributed by atoms with Gasteiger partial charge in [0.05, 0.1) is 26.8 Å². The fourth-order valence-electron chi connectivity index (χ4n) is 2.64. The summed E-state index contributed by atoms with van der Waals surface area (Å²) in [6.45, 7) is 2.00. The van der Waals surface area contributed by atoms with E-state index in [9.17, 15) is 18.0 Å². The molecule has 0 saturated carbocycles. The number of benzene rings is 1. The number of furan rings is 1. The van der Waals surface area contributed by atoms with Crippen LogP contribution >= 0.6 is 11.3 Å². The molecule has 0 saturated heterocycles. The lowest BCUT2D eigenvalue weighted by Gasteiger charge is -2.06. The van der Waals surface area contributed by atoms with Crippen molar-refractivity contribution in [1.29, 1.82) is 0 Å². The van der Waals surface area contributed by atoms with Crippen LogP contribution in [-0.4, -0.2) is 32.5 Å². The van der Waals surface area contributed by atoms with Gasteiger partial charge in [0.2, 0.25) is 0 Å². The molecule has 0 aliphatic heterocycles. The third-order valence-electron chi connectivity index (χ3n) is 4.08. The maximum absolute atomic E-state index is 12.4. The van der Waals surface area contributed by atoms with Crippen LogP contribution < -0.4 is 10.6 Å². The van der Waals surface area contributed by atoms with Crippen molar-refractivity contribution < 1.29 is 22.4 Å². The van der Waals surface area contributed by atoms with Crippen LogP contribution in [0.15, 0.2) is 64.1 Å². The van der Waals surface area contributed by atoms with Crippen LogP contribution in [0.1, 0.15) is 32.2 Å². The Hall–Kier alpha value is -2.91. The second kappa shape index (κ2) is 9.06. The molecule has 2 heterocycles. The van der Waals surface area contributed by atoms with Gasteiger partial charge in [-0.05, 0) is 49.2 Å². The molecule has 152 valence electrons. The Kier molecular flexibility index (Phi) is 6.50. The average molecular weight is 433 g/mol. The summed E-state index contributed by atoms with van der Waals surface area (Å²) in [7, 11) is -3.37. The van der Waals surface area contributed by atoms with E-state index in [-0.39, 0.29) is 28.9 Å². The van der Waals surface area contributed by atoms with Crippen LogP contribution in [0, 0.1) is 6.92 Å². The number of nitrogens with one attached hydrogen (secondary N) is 2. The highest BCUT2D eigenvalue weighted by Crippen LogP contribution is 2.27. The molecule has 0 aliphatic rings. The smallest absolute Gasteiger partial charge is 0.291 e. The molecule has 0 bridgehead atoms. The minimum atomic E-state index is -3.37. The predicted octanol–water partition coefficient (Wildman–Crippen LogP) is 3.50. The normalized spacial score (nSPS) is 11.2. The van der Waals surface area contributed by atoms with Gasteiger partial charge in [-0.1, -0.05) is 18.2 Å². The lowest BCUT2D eigenvalue weighted by molar-refractivity contribution is 0.0955. The van der Waals surface area contributed by atoms with Crippen molar-refractivity contribution in [3.63, 3.8) is 0 Å². The van der Waals surface area contributed by atoms with Crippen molar-refractivity contribution in [2.24, 2.45) is 0 Å². The van der Waals surface area contributed by atoms with Crippen LogP contribution in [0.3, 0.4) is 0 Å². The fourth-order valence-corrected chi connectivity index (χ4v) is 4.96. The van der Waals surface area contributed by atoms with Crippen molar-refractivity contribution in [2.45, 2.75) is 18.2 Å². The average Bonchev–Trinajstić information content (AvgIpc) is 3.36. The van der Waals surface area contributed by atoms with E-state index in [1.807, 2.05) is 0 Å². The number of carbonyl (C=O) groups is 2. The Balaban J connectivity index is 1.52. The van der Waals surface area contributed by atoms with E-state index < -0.39 is 15.7 Å². The molecule has 2 N–H and O–H groups in total. The second-order valence-electron chi connectivity index (χ2n) is 6.30. The Bertz CT molecular complexity index is 1090. The number of anilines is 1. The standard InChI is InChI=1S/C20H20N2O5S2/c1-14-13-17(22-19(23)16-9-5-11-27-16)28-18(14)20(24)21-10-6-12-29(25,26)15-7-3-2-4-8-15/h2-5,7-9,11,13H,6,10,12H2,1H3,(H,21,24)(H,22,23).